The number of hydrogen-bond acceptors (Lipinski definition) is 2. The average molecular weight is 348 g/mol. The predicted octanol–water partition coefficient (Wildman–Crippen LogP) is 4.91. The van der Waals surface area contributed by atoms with Crippen LogP contribution in [0.1, 0.15) is 24.0 Å². The summed E-state index contributed by atoms with van der Waals surface area (Å²) in [6.45, 7) is 4.54. The van der Waals surface area contributed by atoms with E-state index in [1.54, 1.807) is 12.1 Å². The van der Waals surface area contributed by atoms with E-state index in [0.29, 0.717) is 12.5 Å². The van der Waals surface area contributed by atoms with Gasteiger partial charge in [0.1, 0.15) is 5.82 Å². The van der Waals surface area contributed by atoms with Gasteiger partial charge in [-0.15, -0.1) is 0 Å². The molecule has 1 fully saturated rings. The first kappa shape index (κ1) is 17.4. The lowest BCUT2D eigenvalue weighted by Crippen LogP contribution is -2.34. The Kier molecular flexibility index (Phi) is 6.24. The molecule has 2 nitrogen and oxygen atoms in total. The molecular formula is C20H23ClFNO. The van der Waals surface area contributed by atoms with Crippen LogP contribution in [0.4, 0.5) is 4.39 Å². The van der Waals surface area contributed by atoms with Crippen LogP contribution in [0.2, 0.25) is 5.02 Å². The third kappa shape index (κ3) is 5.30. The van der Waals surface area contributed by atoms with Crippen molar-refractivity contribution in [3.05, 3.63) is 70.5 Å². The summed E-state index contributed by atoms with van der Waals surface area (Å²) in [6, 6.07) is 14.6. The van der Waals surface area contributed by atoms with Gasteiger partial charge in [0.15, 0.2) is 0 Å². The van der Waals surface area contributed by atoms with Crippen LogP contribution < -0.4 is 0 Å². The summed E-state index contributed by atoms with van der Waals surface area (Å²) in [5, 5.41) is 0.788. The largest absolute Gasteiger partial charge is 0.376 e. The van der Waals surface area contributed by atoms with E-state index in [4.69, 9.17) is 16.3 Å². The van der Waals surface area contributed by atoms with Crippen molar-refractivity contribution in [2.45, 2.75) is 26.0 Å². The number of benzene rings is 2. The summed E-state index contributed by atoms with van der Waals surface area (Å²) in [4.78, 5) is 2.49. The van der Waals surface area contributed by atoms with Gasteiger partial charge in [0.2, 0.25) is 0 Å². The van der Waals surface area contributed by atoms with Crippen LogP contribution in [-0.4, -0.2) is 24.6 Å². The van der Waals surface area contributed by atoms with Gasteiger partial charge in [-0.25, -0.2) is 4.39 Å². The zero-order valence-electron chi connectivity index (χ0n) is 13.8. The molecular weight excluding hydrogens is 325 g/mol. The van der Waals surface area contributed by atoms with Crippen molar-refractivity contribution >= 4 is 11.6 Å². The number of halogens is 2. The van der Waals surface area contributed by atoms with Crippen LogP contribution in [-0.2, 0) is 17.9 Å². The van der Waals surface area contributed by atoms with Gasteiger partial charge in [0, 0.05) is 18.2 Å². The third-order valence-corrected chi connectivity index (χ3v) is 4.81. The maximum Gasteiger partial charge on any atom is 0.123 e. The predicted molar refractivity (Wildman–Crippen MR) is 95.5 cm³/mol. The maximum absolute atomic E-state index is 12.9. The van der Waals surface area contributed by atoms with Gasteiger partial charge < -0.3 is 4.74 Å². The molecule has 4 heteroatoms. The molecule has 0 saturated carbocycles. The fraction of sp³-hybridized carbons (Fsp3) is 0.400. The molecule has 0 atom stereocenters. The molecule has 0 unspecified atom stereocenters. The van der Waals surface area contributed by atoms with Gasteiger partial charge in [-0.3, -0.25) is 4.90 Å². The van der Waals surface area contributed by atoms with E-state index in [-0.39, 0.29) is 5.82 Å². The van der Waals surface area contributed by atoms with E-state index in [2.05, 4.69) is 17.0 Å². The molecule has 128 valence electrons. The monoisotopic (exact) mass is 347 g/mol. The standard InChI is InChI=1S/C20H23ClFNO/c21-19-5-1-16(2-6-19)13-23-11-9-18(10-12-23)15-24-14-17-3-7-20(22)8-4-17/h1-8,18H,9-15H2. The minimum absolute atomic E-state index is 0.202. The Hall–Kier alpha value is -1.42. The number of hydrogen-bond donors (Lipinski definition) is 0. The van der Waals surface area contributed by atoms with E-state index in [0.717, 1.165) is 49.7 Å². The lowest BCUT2D eigenvalue weighted by molar-refractivity contribution is 0.0562. The second-order valence-electron chi connectivity index (χ2n) is 6.49. The highest BCUT2D eigenvalue weighted by Crippen LogP contribution is 2.20. The second-order valence-corrected chi connectivity index (χ2v) is 6.92. The zero-order chi connectivity index (χ0) is 16.8. The van der Waals surface area contributed by atoms with Crippen LogP contribution in [0.15, 0.2) is 48.5 Å². The summed E-state index contributed by atoms with van der Waals surface area (Å²) in [7, 11) is 0. The molecule has 0 spiro atoms. The van der Waals surface area contributed by atoms with Gasteiger partial charge >= 0.3 is 0 Å². The summed E-state index contributed by atoms with van der Waals surface area (Å²) in [5.41, 5.74) is 2.34. The lowest BCUT2D eigenvalue weighted by atomic mass is 9.97. The van der Waals surface area contributed by atoms with Gasteiger partial charge in [-0.1, -0.05) is 35.9 Å². The minimum atomic E-state index is -0.202. The Bertz CT molecular complexity index is 621. The SMILES string of the molecule is Fc1ccc(COCC2CCN(Cc3ccc(Cl)cc3)CC2)cc1. The lowest BCUT2D eigenvalue weighted by Gasteiger charge is -2.31. The van der Waals surface area contributed by atoms with Gasteiger partial charge in [-0.05, 0) is 67.2 Å². The van der Waals surface area contributed by atoms with Crippen LogP contribution in [0.5, 0.6) is 0 Å². The van der Waals surface area contributed by atoms with E-state index in [1.165, 1.54) is 17.7 Å². The Balaban J connectivity index is 1.36. The fourth-order valence-corrected chi connectivity index (χ4v) is 3.21. The molecule has 0 N–H and O–H groups in total. The third-order valence-electron chi connectivity index (χ3n) is 4.56. The number of likely N-dealkylation sites (tertiary alicyclic amines) is 1. The number of rotatable bonds is 6. The highest BCUT2D eigenvalue weighted by molar-refractivity contribution is 6.30. The maximum atomic E-state index is 12.9. The van der Waals surface area contributed by atoms with E-state index >= 15 is 0 Å². The molecule has 3 rings (SSSR count). The second kappa shape index (κ2) is 8.61. The Morgan fingerprint density at radius 2 is 1.58 bits per heavy atom. The molecule has 1 aliphatic heterocycles. The smallest absolute Gasteiger partial charge is 0.123 e. The van der Waals surface area contributed by atoms with Crippen molar-refractivity contribution in [3.8, 4) is 0 Å². The molecule has 2 aromatic rings. The molecule has 0 amide bonds. The van der Waals surface area contributed by atoms with E-state index < -0.39 is 0 Å². The van der Waals surface area contributed by atoms with Crippen LogP contribution in [0, 0.1) is 11.7 Å². The number of piperidine rings is 1. The van der Waals surface area contributed by atoms with Gasteiger partial charge in [0.05, 0.1) is 6.61 Å². The average Bonchev–Trinajstić information content (AvgIpc) is 2.60. The van der Waals surface area contributed by atoms with Crippen molar-refractivity contribution in [1.82, 2.24) is 4.90 Å². The quantitative estimate of drug-likeness (QED) is 0.736. The molecule has 24 heavy (non-hydrogen) atoms. The zero-order valence-corrected chi connectivity index (χ0v) is 14.5. The molecule has 1 heterocycles. The topological polar surface area (TPSA) is 12.5 Å². The molecule has 1 saturated heterocycles. The Labute approximate surface area is 148 Å². The Morgan fingerprint density at radius 1 is 0.958 bits per heavy atom. The summed E-state index contributed by atoms with van der Waals surface area (Å²) in [6.07, 6.45) is 2.33. The highest BCUT2D eigenvalue weighted by Gasteiger charge is 2.19. The van der Waals surface area contributed by atoms with Crippen molar-refractivity contribution in [2.24, 2.45) is 5.92 Å². The first-order valence-electron chi connectivity index (χ1n) is 8.48. The van der Waals surface area contributed by atoms with Gasteiger partial charge in [-0.2, -0.15) is 0 Å². The van der Waals surface area contributed by atoms with Crippen LogP contribution in [0.25, 0.3) is 0 Å². The Morgan fingerprint density at radius 3 is 2.25 bits per heavy atom. The van der Waals surface area contributed by atoms with Crippen molar-refractivity contribution in [3.63, 3.8) is 0 Å². The number of ether oxygens (including phenoxy) is 1. The molecule has 2 aromatic carbocycles. The van der Waals surface area contributed by atoms with Crippen LogP contribution >= 0.6 is 11.6 Å². The first-order chi connectivity index (χ1) is 11.7. The van der Waals surface area contributed by atoms with Gasteiger partial charge in [0.25, 0.3) is 0 Å². The van der Waals surface area contributed by atoms with Crippen molar-refractivity contribution < 1.29 is 9.13 Å². The van der Waals surface area contributed by atoms with E-state index in [1.807, 2.05) is 12.1 Å². The van der Waals surface area contributed by atoms with Crippen molar-refractivity contribution in [2.75, 3.05) is 19.7 Å². The molecule has 0 bridgehead atoms. The fourth-order valence-electron chi connectivity index (χ4n) is 3.08. The highest BCUT2D eigenvalue weighted by atomic mass is 35.5. The molecule has 0 radical (unpaired) electrons. The van der Waals surface area contributed by atoms with E-state index in [9.17, 15) is 4.39 Å². The van der Waals surface area contributed by atoms with Crippen molar-refractivity contribution in [1.29, 1.82) is 0 Å². The minimum Gasteiger partial charge on any atom is -0.376 e. The summed E-state index contributed by atoms with van der Waals surface area (Å²) >= 11 is 5.93. The number of nitrogens with zero attached hydrogens (tertiary/aromatic N) is 1. The molecule has 1 aliphatic rings. The summed E-state index contributed by atoms with van der Waals surface area (Å²) in [5.74, 6) is 0.415. The first-order valence-corrected chi connectivity index (χ1v) is 8.86. The summed E-state index contributed by atoms with van der Waals surface area (Å²) < 4.78 is 18.7. The molecule has 0 aliphatic carbocycles. The molecule has 0 aromatic heterocycles. The normalized spacial score (nSPS) is 16.4. The van der Waals surface area contributed by atoms with Crippen LogP contribution in [0.3, 0.4) is 0 Å².